The van der Waals surface area contributed by atoms with Gasteiger partial charge < -0.3 is 5.32 Å². The molecule has 0 spiro atoms. The van der Waals surface area contributed by atoms with Crippen molar-refractivity contribution in [2.75, 3.05) is 0 Å². The lowest BCUT2D eigenvalue weighted by Crippen LogP contribution is -2.57. The summed E-state index contributed by atoms with van der Waals surface area (Å²) < 4.78 is 0. The van der Waals surface area contributed by atoms with Crippen LogP contribution in [0.4, 0.5) is 0 Å². The molecule has 8 heteroatoms. The van der Waals surface area contributed by atoms with Crippen LogP contribution in [0.15, 0.2) is 0 Å². The zero-order valence-electron chi connectivity index (χ0n) is 6.96. The fourth-order valence-corrected chi connectivity index (χ4v) is 0.620. The van der Waals surface area contributed by atoms with E-state index in [0.29, 0.717) is 0 Å². The van der Waals surface area contributed by atoms with Gasteiger partial charge in [0.1, 0.15) is 0 Å². The molecule has 0 aliphatic heterocycles. The molecule has 8 nitrogen and oxygen atoms in total. The molecule has 13 heavy (non-hydrogen) atoms. The number of hydrogen-bond acceptors (Lipinski definition) is 5. The van der Waals surface area contributed by atoms with Crippen LogP contribution in [0.2, 0.25) is 0 Å². The summed E-state index contributed by atoms with van der Waals surface area (Å²) >= 11 is 0. The van der Waals surface area contributed by atoms with Gasteiger partial charge in [-0.15, -0.1) is 0 Å². The van der Waals surface area contributed by atoms with Gasteiger partial charge in [0.2, 0.25) is 5.91 Å². The lowest BCUT2D eigenvalue weighted by atomic mass is 10.2. The topological polar surface area (TPSA) is 139 Å². The van der Waals surface area contributed by atoms with E-state index in [4.69, 9.17) is 11.7 Å². The standard InChI is InChI=1S/C5H11N5O3/c1-2(11)8-3(4(12)9-6)5(13)10-7/h3H,6-7H2,1H3,(H,8,11)(H,9,12)(H,10,13). The average molecular weight is 189 g/mol. The van der Waals surface area contributed by atoms with Gasteiger partial charge in [0.25, 0.3) is 11.8 Å². The van der Waals surface area contributed by atoms with Crippen LogP contribution in [-0.2, 0) is 14.4 Å². The second kappa shape index (κ2) is 5.06. The Morgan fingerprint density at radius 2 is 1.46 bits per heavy atom. The van der Waals surface area contributed by atoms with E-state index in [1.165, 1.54) is 0 Å². The molecule has 0 rings (SSSR count). The molecular formula is C5H11N5O3. The maximum atomic E-state index is 10.9. The third kappa shape index (κ3) is 3.49. The smallest absolute Gasteiger partial charge is 0.266 e. The fraction of sp³-hybridized carbons (Fsp3) is 0.400. The highest BCUT2D eigenvalue weighted by atomic mass is 16.2. The number of carbonyl (C=O) groups excluding carboxylic acids is 3. The molecule has 0 radical (unpaired) electrons. The van der Waals surface area contributed by atoms with Crippen molar-refractivity contribution in [2.45, 2.75) is 13.0 Å². The Kier molecular flexibility index (Phi) is 4.41. The number of hydrazine groups is 2. The van der Waals surface area contributed by atoms with E-state index in [1.54, 1.807) is 10.9 Å². The summed E-state index contributed by atoms with van der Waals surface area (Å²) in [6, 6.07) is -1.41. The van der Waals surface area contributed by atoms with Crippen LogP contribution in [0.25, 0.3) is 0 Å². The average Bonchev–Trinajstić information content (AvgIpc) is 2.11. The van der Waals surface area contributed by atoms with Crippen molar-refractivity contribution in [2.24, 2.45) is 11.7 Å². The molecule has 0 aliphatic rings. The Morgan fingerprint density at radius 3 is 1.69 bits per heavy atom. The van der Waals surface area contributed by atoms with Gasteiger partial charge in [0, 0.05) is 6.92 Å². The van der Waals surface area contributed by atoms with Gasteiger partial charge in [-0.25, -0.2) is 11.7 Å². The van der Waals surface area contributed by atoms with E-state index < -0.39 is 23.8 Å². The van der Waals surface area contributed by atoms with Gasteiger partial charge in [0.15, 0.2) is 6.04 Å². The lowest BCUT2D eigenvalue weighted by molar-refractivity contribution is -0.136. The number of hydrogen-bond donors (Lipinski definition) is 5. The van der Waals surface area contributed by atoms with Crippen LogP contribution < -0.4 is 27.9 Å². The van der Waals surface area contributed by atoms with Crippen molar-refractivity contribution in [3.8, 4) is 0 Å². The third-order valence-corrected chi connectivity index (χ3v) is 1.16. The van der Waals surface area contributed by atoms with Crippen molar-refractivity contribution >= 4 is 17.7 Å². The molecule has 0 atom stereocenters. The normalized spacial score (nSPS) is 9.23. The molecule has 0 aromatic carbocycles. The molecule has 74 valence electrons. The monoisotopic (exact) mass is 189 g/mol. The first kappa shape index (κ1) is 11.3. The van der Waals surface area contributed by atoms with Crippen LogP contribution >= 0.6 is 0 Å². The first-order valence-electron chi connectivity index (χ1n) is 3.31. The molecule has 3 amide bonds. The molecule has 0 aromatic rings. The van der Waals surface area contributed by atoms with Gasteiger partial charge in [-0.2, -0.15) is 0 Å². The van der Waals surface area contributed by atoms with Gasteiger partial charge >= 0.3 is 0 Å². The van der Waals surface area contributed by atoms with E-state index in [2.05, 4.69) is 5.32 Å². The second-order valence-electron chi connectivity index (χ2n) is 2.15. The summed E-state index contributed by atoms with van der Waals surface area (Å²) in [7, 11) is 0. The lowest BCUT2D eigenvalue weighted by Gasteiger charge is -2.13. The summed E-state index contributed by atoms with van der Waals surface area (Å²) in [5.41, 5.74) is 3.43. The van der Waals surface area contributed by atoms with Crippen LogP contribution in [-0.4, -0.2) is 23.8 Å². The Bertz CT molecular complexity index is 212. The Hall–Kier alpha value is -1.67. The molecule has 0 bridgehead atoms. The van der Waals surface area contributed by atoms with E-state index >= 15 is 0 Å². The SMILES string of the molecule is CC(=O)NC(C(=O)NN)C(=O)NN. The molecule has 0 unspecified atom stereocenters. The molecule has 0 aromatic heterocycles. The van der Waals surface area contributed by atoms with E-state index in [1.807, 2.05) is 0 Å². The van der Waals surface area contributed by atoms with Crippen molar-refractivity contribution in [1.82, 2.24) is 16.2 Å². The van der Waals surface area contributed by atoms with Crippen molar-refractivity contribution in [1.29, 1.82) is 0 Å². The minimum atomic E-state index is -1.41. The van der Waals surface area contributed by atoms with Gasteiger partial charge in [-0.05, 0) is 0 Å². The molecule has 0 saturated heterocycles. The minimum Gasteiger partial charge on any atom is -0.337 e. The molecule has 0 fully saturated rings. The summed E-state index contributed by atoms with van der Waals surface area (Å²) in [5, 5.41) is 2.06. The van der Waals surface area contributed by atoms with Crippen molar-refractivity contribution in [3.05, 3.63) is 0 Å². The summed E-state index contributed by atoms with van der Waals surface area (Å²) in [6.07, 6.45) is 0. The highest BCUT2D eigenvalue weighted by Gasteiger charge is 2.25. The predicted octanol–water partition coefficient (Wildman–Crippen LogP) is -3.53. The first-order valence-corrected chi connectivity index (χ1v) is 3.31. The van der Waals surface area contributed by atoms with Gasteiger partial charge in [-0.3, -0.25) is 25.2 Å². The molecular weight excluding hydrogens is 178 g/mol. The quantitative estimate of drug-likeness (QED) is 0.135. The summed E-state index contributed by atoms with van der Waals surface area (Å²) in [4.78, 5) is 32.3. The summed E-state index contributed by atoms with van der Waals surface area (Å²) in [6.45, 7) is 1.15. The number of amides is 3. The van der Waals surface area contributed by atoms with Crippen LogP contribution in [0.3, 0.4) is 0 Å². The highest BCUT2D eigenvalue weighted by molar-refractivity contribution is 6.06. The van der Waals surface area contributed by atoms with Crippen molar-refractivity contribution < 1.29 is 14.4 Å². The second-order valence-corrected chi connectivity index (χ2v) is 2.15. The van der Waals surface area contributed by atoms with Crippen LogP contribution in [0.5, 0.6) is 0 Å². The zero-order valence-corrected chi connectivity index (χ0v) is 6.96. The zero-order chi connectivity index (χ0) is 10.4. The molecule has 0 heterocycles. The highest BCUT2D eigenvalue weighted by Crippen LogP contribution is 1.83. The maximum Gasteiger partial charge on any atom is 0.266 e. The van der Waals surface area contributed by atoms with E-state index in [9.17, 15) is 14.4 Å². The van der Waals surface area contributed by atoms with Crippen molar-refractivity contribution in [3.63, 3.8) is 0 Å². The Labute approximate surface area is 74.0 Å². The van der Waals surface area contributed by atoms with Crippen LogP contribution in [0, 0.1) is 0 Å². The number of carbonyl (C=O) groups is 3. The number of nitrogens with one attached hydrogen (secondary N) is 3. The third-order valence-electron chi connectivity index (χ3n) is 1.16. The van der Waals surface area contributed by atoms with Crippen LogP contribution in [0.1, 0.15) is 6.92 Å². The molecule has 7 N–H and O–H groups in total. The first-order chi connectivity index (χ1) is 6.02. The molecule has 0 saturated carbocycles. The fourth-order valence-electron chi connectivity index (χ4n) is 0.620. The van der Waals surface area contributed by atoms with E-state index in [-0.39, 0.29) is 0 Å². The van der Waals surface area contributed by atoms with Gasteiger partial charge in [0.05, 0.1) is 0 Å². The number of nitrogens with two attached hydrogens (primary N) is 2. The minimum absolute atomic E-state index is 0.544. The summed E-state index contributed by atoms with van der Waals surface area (Å²) in [5.74, 6) is 7.30. The number of rotatable bonds is 3. The maximum absolute atomic E-state index is 10.9. The van der Waals surface area contributed by atoms with E-state index in [0.717, 1.165) is 6.92 Å². The Balaban J connectivity index is 4.45. The predicted molar refractivity (Wildman–Crippen MR) is 42.3 cm³/mol. The molecule has 0 aliphatic carbocycles. The van der Waals surface area contributed by atoms with Gasteiger partial charge in [-0.1, -0.05) is 0 Å². The largest absolute Gasteiger partial charge is 0.337 e. The Morgan fingerprint density at radius 1 is 1.08 bits per heavy atom.